The predicted molar refractivity (Wildman–Crippen MR) is 42.5 cm³/mol. The Balaban J connectivity index is 3.22. The van der Waals surface area contributed by atoms with Crippen LogP contribution < -0.4 is 0 Å². The van der Waals surface area contributed by atoms with E-state index in [-0.39, 0.29) is 0 Å². The normalized spacial score (nSPS) is 9.50. The van der Waals surface area contributed by atoms with Crippen molar-refractivity contribution in [2.45, 2.75) is 12.8 Å². The molecule has 0 aromatic heterocycles. The Morgan fingerprint density at radius 1 is 1.50 bits per heavy atom. The Kier molecular flexibility index (Phi) is 4.94. The number of nitrogens with one attached hydrogen (secondary N) is 1. The molecule has 3 nitrogen and oxygen atoms in total. The second-order valence-electron chi connectivity index (χ2n) is 2.44. The second-order valence-corrected chi connectivity index (χ2v) is 2.44. The van der Waals surface area contributed by atoms with E-state index in [0.717, 1.165) is 19.4 Å². The van der Waals surface area contributed by atoms with Crippen LogP contribution in [0.4, 0.5) is 0 Å². The van der Waals surface area contributed by atoms with Crippen molar-refractivity contribution >= 4 is 5.84 Å². The van der Waals surface area contributed by atoms with Gasteiger partial charge in [-0.25, -0.2) is 0 Å². The first-order valence-corrected chi connectivity index (χ1v) is 3.42. The minimum absolute atomic E-state index is 0.664. The third kappa shape index (κ3) is 4.32. The van der Waals surface area contributed by atoms with Crippen LogP contribution in [-0.4, -0.2) is 38.5 Å². The van der Waals surface area contributed by atoms with Gasteiger partial charge in [0, 0.05) is 34.2 Å². The van der Waals surface area contributed by atoms with Crippen LogP contribution in [0.25, 0.3) is 0 Å². The average Bonchev–Trinajstić information content (AvgIpc) is 1.88. The molecule has 10 heavy (non-hydrogen) atoms. The van der Waals surface area contributed by atoms with Gasteiger partial charge >= 0.3 is 0 Å². The van der Waals surface area contributed by atoms with Gasteiger partial charge in [0.15, 0.2) is 0 Å². The molecule has 60 valence electrons. The van der Waals surface area contributed by atoms with Crippen molar-refractivity contribution in [1.29, 1.82) is 5.41 Å². The summed E-state index contributed by atoms with van der Waals surface area (Å²) in [5.74, 6) is 0.664. The zero-order valence-corrected chi connectivity index (χ0v) is 6.98. The first kappa shape index (κ1) is 9.43. The molecule has 3 heteroatoms. The molecule has 0 heterocycles. The van der Waals surface area contributed by atoms with Crippen molar-refractivity contribution in [2.24, 2.45) is 0 Å². The van der Waals surface area contributed by atoms with E-state index in [1.807, 2.05) is 19.0 Å². The Bertz CT molecular complexity index is 102. The molecule has 0 atom stereocenters. The molecular weight excluding hydrogens is 128 g/mol. The van der Waals surface area contributed by atoms with Crippen LogP contribution in [0, 0.1) is 5.41 Å². The molecule has 0 radical (unpaired) electrons. The summed E-state index contributed by atoms with van der Waals surface area (Å²) in [6.45, 7) is 0.746. The highest BCUT2D eigenvalue weighted by Crippen LogP contribution is 1.93. The van der Waals surface area contributed by atoms with Gasteiger partial charge in [0.2, 0.25) is 0 Å². The van der Waals surface area contributed by atoms with Gasteiger partial charge in [-0.05, 0) is 6.42 Å². The summed E-state index contributed by atoms with van der Waals surface area (Å²) in [5.41, 5.74) is 0. The third-order valence-electron chi connectivity index (χ3n) is 1.30. The maximum Gasteiger partial charge on any atom is 0.0953 e. The SMILES string of the molecule is COCCCC(=N)N(C)C. The summed E-state index contributed by atoms with van der Waals surface area (Å²) < 4.78 is 4.86. The van der Waals surface area contributed by atoms with E-state index < -0.39 is 0 Å². The van der Waals surface area contributed by atoms with Gasteiger partial charge in [0.1, 0.15) is 0 Å². The van der Waals surface area contributed by atoms with E-state index in [4.69, 9.17) is 10.1 Å². The fourth-order valence-electron chi connectivity index (χ4n) is 0.608. The zero-order chi connectivity index (χ0) is 7.98. The Labute approximate surface area is 62.5 Å². The molecule has 0 aliphatic heterocycles. The molecule has 0 amide bonds. The number of hydrogen-bond donors (Lipinski definition) is 1. The van der Waals surface area contributed by atoms with Crippen LogP contribution >= 0.6 is 0 Å². The molecule has 0 unspecified atom stereocenters. The molecule has 0 aromatic rings. The number of ether oxygens (including phenoxy) is 1. The van der Waals surface area contributed by atoms with Crippen molar-refractivity contribution < 1.29 is 4.74 Å². The molecular formula is C7H16N2O. The number of rotatable bonds is 4. The van der Waals surface area contributed by atoms with Crippen molar-refractivity contribution in [3.63, 3.8) is 0 Å². The molecule has 0 aliphatic carbocycles. The number of amidine groups is 1. The average molecular weight is 144 g/mol. The van der Waals surface area contributed by atoms with Gasteiger partial charge < -0.3 is 9.64 Å². The number of methoxy groups -OCH3 is 1. The van der Waals surface area contributed by atoms with Crippen LogP contribution in [0.3, 0.4) is 0 Å². The van der Waals surface area contributed by atoms with Crippen LogP contribution in [0.2, 0.25) is 0 Å². The van der Waals surface area contributed by atoms with Crippen molar-refractivity contribution in [2.75, 3.05) is 27.8 Å². The minimum atomic E-state index is 0.664. The summed E-state index contributed by atoms with van der Waals surface area (Å²) in [5, 5.41) is 7.39. The van der Waals surface area contributed by atoms with Crippen molar-refractivity contribution in [3.05, 3.63) is 0 Å². The van der Waals surface area contributed by atoms with E-state index in [0.29, 0.717) is 5.84 Å². The van der Waals surface area contributed by atoms with E-state index >= 15 is 0 Å². The van der Waals surface area contributed by atoms with Gasteiger partial charge in [0.25, 0.3) is 0 Å². The van der Waals surface area contributed by atoms with Crippen LogP contribution in [-0.2, 0) is 4.74 Å². The summed E-state index contributed by atoms with van der Waals surface area (Å²) in [6, 6.07) is 0. The van der Waals surface area contributed by atoms with E-state index in [9.17, 15) is 0 Å². The summed E-state index contributed by atoms with van der Waals surface area (Å²) >= 11 is 0. The lowest BCUT2D eigenvalue weighted by Crippen LogP contribution is -2.20. The highest BCUT2D eigenvalue weighted by atomic mass is 16.5. The number of hydrogen-bond acceptors (Lipinski definition) is 2. The van der Waals surface area contributed by atoms with Gasteiger partial charge in [-0.3, -0.25) is 5.41 Å². The highest BCUT2D eigenvalue weighted by Gasteiger charge is 1.96. The molecule has 0 saturated heterocycles. The number of nitrogens with zero attached hydrogens (tertiary/aromatic N) is 1. The summed E-state index contributed by atoms with van der Waals surface area (Å²) in [6.07, 6.45) is 1.74. The van der Waals surface area contributed by atoms with E-state index in [1.54, 1.807) is 7.11 Å². The second kappa shape index (κ2) is 5.23. The molecule has 0 aromatic carbocycles. The summed E-state index contributed by atoms with van der Waals surface area (Å²) in [4.78, 5) is 1.82. The first-order chi connectivity index (χ1) is 4.68. The molecule has 0 fully saturated rings. The molecule has 0 saturated carbocycles. The van der Waals surface area contributed by atoms with Crippen molar-refractivity contribution in [1.82, 2.24) is 4.90 Å². The van der Waals surface area contributed by atoms with Crippen LogP contribution in [0.1, 0.15) is 12.8 Å². The van der Waals surface area contributed by atoms with Crippen LogP contribution in [0.5, 0.6) is 0 Å². The molecule has 0 bridgehead atoms. The standard InChI is InChI=1S/C7H16N2O/c1-9(2)7(8)5-4-6-10-3/h8H,4-6H2,1-3H3. The highest BCUT2D eigenvalue weighted by molar-refractivity contribution is 5.78. The molecule has 0 rings (SSSR count). The smallest absolute Gasteiger partial charge is 0.0953 e. The van der Waals surface area contributed by atoms with Gasteiger partial charge in [0.05, 0.1) is 5.84 Å². The fraction of sp³-hybridized carbons (Fsp3) is 0.857. The Morgan fingerprint density at radius 2 is 2.10 bits per heavy atom. The quantitative estimate of drug-likeness (QED) is 0.362. The van der Waals surface area contributed by atoms with Crippen molar-refractivity contribution in [3.8, 4) is 0 Å². The lowest BCUT2D eigenvalue weighted by molar-refractivity contribution is 0.196. The zero-order valence-electron chi connectivity index (χ0n) is 6.98. The lowest BCUT2D eigenvalue weighted by atomic mass is 10.3. The maximum absolute atomic E-state index is 7.39. The Morgan fingerprint density at radius 3 is 2.50 bits per heavy atom. The minimum Gasteiger partial charge on any atom is -0.385 e. The van der Waals surface area contributed by atoms with E-state index in [1.165, 1.54) is 0 Å². The fourth-order valence-corrected chi connectivity index (χ4v) is 0.608. The molecule has 0 spiro atoms. The topological polar surface area (TPSA) is 36.3 Å². The van der Waals surface area contributed by atoms with Gasteiger partial charge in [-0.1, -0.05) is 0 Å². The van der Waals surface area contributed by atoms with Crippen LogP contribution in [0.15, 0.2) is 0 Å². The lowest BCUT2D eigenvalue weighted by Gasteiger charge is -2.12. The third-order valence-corrected chi connectivity index (χ3v) is 1.30. The Hall–Kier alpha value is -0.570. The summed E-state index contributed by atoms with van der Waals surface area (Å²) in [7, 11) is 5.45. The first-order valence-electron chi connectivity index (χ1n) is 3.42. The monoisotopic (exact) mass is 144 g/mol. The molecule has 1 N–H and O–H groups in total. The van der Waals surface area contributed by atoms with Gasteiger partial charge in [-0.15, -0.1) is 0 Å². The predicted octanol–water partition coefficient (Wildman–Crippen LogP) is 0.952. The van der Waals surface area contributed by atoms with E-state index in [2.05, 4.69) is 0 Å². The molecule has 0 aliphatic rings. The van der Waals surface area contributed by atoms with Gasteiger partial charge in [-0.2, -0.15) is 0 Å². The maximum atomic E-state index is 7.39. The largest absolute Gasteiger partial charge is 0.385 e.